The maximum Gasteiger partial charge on any atom is 0.319 e. The lowest BCUT2D eigenvalue weighted by Gasteiger charge is -2.20. The van der Waals surface area contributed by atoms with Gasteiger partial charge in [0.15, 0.2) is 5.69 Å². The number of amides is 2. The highest BCUT2D eigenvalue weighted by Gasteiger charge is 2.22. The van der Waals surface area contributed by atoms with Crippen LogP contribution in [0.4, 0.5) is 10.5 Å². The van der Waals surface area contributed by atoms with Gasteiger partial charge in [-0.2, -0.15) is 0 Å². The number of esters is 1. The van der Waals surface area contributed by atoms with Crippen molar-refractivity contribution in [1.29, 1.82) is 0 Å². The summed E-state index contributed by atoms with van der Waals surface area (Å²) in [5.41, 5.74) is 1.18. The molecule has 1 unspecified atom stereocenters. The third-order valence-corrected chi connectivity index (χ3v) is 4.93. The van der Waals surface area contributed by atoms with E-state index in [1.807, 2.05) is 47.3 Å². The summed E-state index contributed by atoms with van der Waals surface area (Å²) in [5.74, 6) is -0.779. The maximum atomic E-state index is 12.7. The van der Waals surface area contributed by atoms with E-state index in [2.05, 4.69) is 10.6 Å². The van der Waals surface area contributed by atoms with Crippen LogP contribution in [0.2, 0.25) is 0 Å². The first-order valence-corrected chi connectivity index (χ1v) is 10.2. The minimum atomic E-state index is -0.733. The molecule has 0 radical (unpaired) electrons. The van der Waals surface area contributed by atoms with Crippen LogP contribution in [0.1, 0.15) is 30.5 Å². The Morgan fingerprint density at radius 2 is 1.91 bits per heavy atom. The molecule has 1 aromatic carbocycles. The molecule has 9 heteroatoms. The van der Waals surface area contributed by atoms with Gasteiger partial charge < -0.3 is 29.6 Å². The van der Waals surface area contributed by atoms with E-state index in [1.54, 1.807) is 19.9 Å². The first kappa shape index (κ1) is 22.7. The largest absolute Gasteiger partial charge is 0.505 e. The van der Waals surface area contributed by atoms with E-state index in [-0.39, 0.29) is 24.5 Å². The number of benzene rings is 1. The van der Waals surface area contributed by atoms with Crippen molar-refractivity contribution in [3.8, 4) is 11.4 Å². The minimum absolute atomic E-state index is 0.103. The first-order chi connectivity index (χ1) is 15.3. The van der Waals surface area contributed by atoms with Crippen molar-refractivity contribution in [3.63, 3.8) is 0 Å². The Kier molecular flexibility index (Phi) is 6.99. The molecular formula is C23H26N4O5. The Hall–Kier alpha value is -4.01. The fourth-order valence-corrected chi connectivity index (χ4v) is 3.35. The first-order valence-electron chi connectivity index (χ1n) is 10.2. The van der Waals surface area contributed by atoms with Crippen LogP contribution in [0.3, 0.4) is 0 Å². The van der Waals surface area contributed by atoms with Crippen molar-refractivity contribution in [3.05, 3.63) is 76.5 Å². The highest BCUT2D eigenvalue weighted by molar-refractivity contribution is 5.91. The van der Waals surface area contributed by atoms with Gasteiger partial charge >= 0.3 is 12.0 Å². The second-order valence-electron chi connectivity index (χ2n) is 7.30. The molecule has 0 saturated carbocycles. The summed E-state index contributed by atoms with van der Waals surface area (Å²) in [7, 11) is 1.52. The number of hydrogen-bond donors (Lipinski definition) is 3. The Bertz CT molecular complexity index is 1170. The average Bonchev–Trinajstić information content (AvgIpc) is 3.30. The second-order valence-corrected chi connectivity index (χ2v) is 7.30. The molecule has 168 valence electrons. The van der Waals surface area contributed by atoms with E-state index >= 15 is 0 Å². The summed E-state index contributed by atoms with van der Waals surface area (Å²) in [5, 5.41) is 15.4. The van der Waals surface area contributed by atoms with Crippen molar-refractivity contribution in [2.75, 3.05) is 11.9 Å². The van der Waals surface area contributed by atoms with Gasteiger partial charge in [-0.3, -0.25) is 9.59 Å². The van der Waals surface area contributed by atoms with Gasteiger partial charge in [0.05, 0.1) is 19.1 Å². The molecule has 0 aliphatic heterocycles. The molecular weight excluding hydrogens is 412 g/mol. The van der Waals surface area contributed by atoms with Gasteiger partial charge in [0.1, 0.15) is 5.75 Å². The van der Waals surface area contributed by atoms with Crippen LogP contribution < -0.4 is 16.2 Å². The van der Waals surface area contributed by atoms with Gasteiger partial charge in [-0.25, -0.2) is 4.79 Å². The summed E-state index contributed by atoms with van der Waals surface area (Å²) in [4.78, 5) is 37.3. The zero-order valence-electron chi connectivity index (χ0n) is 18.2. The van der Waals surface area contributed by atoms with Crippen molar-refractivity contribution in [2.24, 2.45) is 7.05 Å². The van der Waals surface area contributed by atoms with Gasteiger partial charge in [-0.1, -0.05) is 12.1 Å². The third kappa shape index (κ3) is 5.18. The van der Waals surface area contributed by atoms with Crippen LogP contribution in [0.15, 0.2) is 59.8 Å². The summed E-state index contributed by atoms with van der Waals surface area (Å²) in [6, 6.07) is 9.70. The molecule has 0 spiro atoms. The number of nitrogens with one attached hydrogen (secondary N) is 2. The van der Waals surface area contributed by atoms with E-state index in [9.17, 15) is 19.5 Å². The average molecular weight is 438 g/mol. The van der Waals surface area contributed by atoms with Gasteiger partial charge in [0.2, 0.25) is 0 Å². The van der Waals surface area contributed by atoms with Gasteiger partial charge in [-0.05, 0) is 43.7 Å². The predicted octanol–water partition coefficient (Wildman–Crippen LogP) is 3.01. The van der Waals surface area contributed by atoms with E-state index in [4.69, 9.17) is 4.74 Å². The number of nitrogens with zero attached hydrogens (tertiary/aromatic N) is 2. The number of anilines is 1. The lowest BCUT2D eigenvalue weighted by atomic mass is 10.0. The van der Waals surface area contributed by atoms with Gasteiger partial charge in [0.25, 0.3) is 5.56 Å². The fourth-order valence-electron chi connectivity index (χ4n) is 3.35. The number of pyridine rings is 1. The van der Waals surface area contributed by atoms with Crippen LogP contribution in [0.5, 0.6) is 5.75 Å². The minimum Gasteiger partial charge on any atom is -0.505 e. The highest BCUT2D eigenvalue weighted by atomic mass is 16.5. The van der Waals surface area contributed by atoms with E-state index in [0.29, 0.717) is 11.1 Å². The lowest BCUT2D eigenvalue weighted by molar-refractivity contribution is -0.143. The Balaban J connectivity index is 1.87. The molecule has 0 aliphatic carbocycles. The molecule has 32 heavy (non-hydrogen) atoms. The molecule has 3 aromatic rings. The molecule has 0 fully saturated rings. The zero-order chi connectivity index (χ0) is 23.3. The predicted molar refractivity (Wildman–Crippen MR) is 120 cm³/mol. The maximum absolute atomic E-state index is 12.7. The number of urea groups is 1. The number of aryl methyl sites for hydroxylation is 2. The number of ether oxygens (including phenoxy) is 1. The summed E-state index contributed by atoms with van der Waals surface area (Å²) in [6.07, 6.45) is 5.14. The quantitative estimate of drug-likeness (QED) is 0.491. The van der Waals surface area contributed by atoms with E-state index in [0.717, 1.165) is 5.69 Å². The number of rotatable bonds is 7. The van der Waals surface area contributed by atoms with Crippen LogP contribution in [-0.4, -0.2) is 32.8 Å². The molecule has 2 amide bonds. The number of carbonyl (C=O) groups excluding carboxylic acids is 2. The van der Waals surface area contributed by atoms with E-state index < -0.39 is 23.6 Å². The second kappa shape index (κ2) is 9.86. The topological polar surface area (TPSA) is 115 Å². The van der Waals surface area contributed by atoms with Gasteiger partial charge in [-0.15, -0.1) is 0 Å². The SMILES string of the molecule is CCOC(=O)CC(NC(=O)Nc1c(O)c(C)cn(C)c1=O)c1cccc(-n2cccc2)c1. The number of hydrogen-bond acceptors (Lipinski definition) is 5. The normalized spacial score (nSPS) is 11.6. The number of aromatic hydroxyl groups is 1. The van der Waals surface area contributed by atoms with Crippen LogP contribution in [0.25, 0.3) is 5.69 Å². The molecule has 3 N–H and O–H groups in total. The fraction of sp³-hybridized carbons (Fsp3) is 0.261. The molecule has 2 aromatic heterocycles. The highest BCUT2D eigenvalue weighted by Crippen LogP contribution is 2.24. The van der Waals surface area contributed by atoms with E-state index in [1.165, 1.54) is 17.8 Å². The summed E-state index contributed by atoms with van der Waals surface area (Å²) in [6.45, 7) is 3.54. The third-order valence-electron chi connectivity index (χ3n) is 4.93. The summed E-state index contributed by atoms with van der Waals surface area (Å²) >= 11 is 0. The molecule has 9 nitrogen and oxygen atoms in total. The smallest absolute Gasteiger partial charge is 0.319 e. The Morgan fingerprint density at radius 3 is 2.59 bits per heavy atom. The number of carbonyl (C=O) groups is 2. The monoisotopic (exact) mass is 438 g/mol. The Morgan fingerprint density at radius 1 is 1.19 bits per heavy atom. The molecule has 0 saturated heterocycles. The van der Waals surface area contributed by atoms with Crippen LogP contribution in [-0.2, 0) is 16.6 Å². The van der Waals surface area contributed by atoms with Crippen molar-refractivity contribution >= 4 is 17.7 Å². The Labute approximate surface area is 185 Å². The molecule has 3 rings (SSSR count). The number of aromatic nitrogens is 2. The van der Waals surface area contributed by atoms with Crippen LogP contribution >= 0.6 is 0 Å². The van der Waals surface area contributed by atoms with Crippen molar-refractivity contribution in [1.82, 2.24) is 14.5 Å². The van der Waals surface area contributed by atoms with Gasteiger partial charge in [0, 0.05) is 36.9 Å². The molecule has 1 atom stereocenters. The van der Waals surface area contributed by atoms with Crippen molar-refractivity contribution < 1.29 is 19.4 Å². The molecule has 2 heterocycles. The zero-order valence-corrected chi connectivity index (χ0v) is 18.2. The summed E-state index contributed by atoms with van der Waals surface area (Å²) < 4.78 is 8.22. The molecule has 0 bridgehead atoms. The lowest BCUT2D eigenvalue weighted by Crippen LogP contribution is -2.36. The van der Waals surface area contributed by atoms with Crippen molar-refractivity contribution in [2.45, 2.75) is 26.3 Å². The standard InChI is InChI=1S/C23H26N4O5/c1-4-32-19(28)13-18(16-8-7-9-17(12-16)27-10-5-6-11-27)24-23(31)25-20-21(29)15(2)14-26(3)22(20)30/h5-12,14,18,29H,4,13H2,1-3H3,(H2,24,25,31). The molecule has 0 aliphatic rings. The van der Waals surface area contributed by atoms with Crippen LogP contribution in [0, 0.1) is 6.92 Å².